The summed E-state index contributed by atoms with van der Waals surface area (Å²) in [6, 6.07) is 64.9. The number of para-hydroxylation sites is 2. The smallest absolute Gasteiger partial charge is 0.165 e. The average Bonchev–Trinajstić information content (AvgIpc) is 3.96. The summed E-state index contributed by atoms with van der Waals surface area (Å²) in [7, 11) is 0. The van der Waals surface area contributed by atoms with Crippen LogP contribution in [0.25, 0.3) is 113 Å². The van der Waals surface area contributed by atoms with Gasteiger partial charge in [0.05, 0.1) is 11.0 Å². The summed E-state index contributed by atoms with van der Waals surface area (Å²) in [6.07, 6.45) is 0. The Balaban J connectivity index is 1.05. The average molecular weight is 763 g/mol. The second-order valence-electron chi connectivity index (χ2n) is 14.4. The van der Waals surface area contributed by atoms with Crippen molar-refractivity contribution < 1.29 is 0 Å². The van der Waals surface area contributed by atoms with Crippen LogP contribution in [0, 0.1) is 0 Å². The number of benzene rings is 8. The highest BCUT2D eigenvalue weighted by molar-refractivity contribution is 7.26. The number of aromatic nitrogens is 4. The van der Waals surface area contributed by atoms with Crippen molar-refractivity contribution in [3.63, 3.8) is 0 Å². The molecule has 0 bridgehead atoms. The molecule has 0 saturated heterocycles. The molecule has 0 N–H and O–H groups in total. The lowest BCUT2D eigenvalue weighted by Crippen LogP contribution is -2.00. The minimum atomic E-state index is 0.661. The number of nitrogens with zero attached hydrogens (tertiary/aromatic N) is 4. The topological polar surface area (TPSA) is 43.6 Å². The summed E-state index contributed by atoms with van der Waals surface area (Å²) in [6.45, 7) is 0. The van der Waals surface area contributed by atoms with Crippen molar-refractivity contribution in [2.45, 2.75) is 0 Å². The van der Waals surface area contributed by atoms with Gasteiger partial charge in [-0.3, -0.25) is 0 Å². The van der Waals surface area contributed by atoms with Crippen LogP contribution < -0.4 is 0 Å². The van der Waals surface area contributed by atoms with Gasteiger partial charge in [0.15, 0.2) is 17.5 Å². The van der Waals surface area contributed by atoms with E-state index in [2.05, 4.69) is 168 Å². The van der Waals surface area contributed by atoms with Gasteiger partial charge in [-0.1, -0.05) is 121 Å². The Morgan fingerprint density at radius 2 is 0.947 bits per heavy atom. The summed E-state index contributed by atoms with van der Waals surface area (Å²) in [5.74, 6) is 2.01. The van der Waals surface area contributed by atoms with Crippen molar-refractivity contribution >= 4 is 84.8 Å². The molecule has 266 valence electrons. The van der Waals surface area contributed by atoms with Crippen molar-refractivity contribution in [3.8, 4) is 51.0 Å². The Bertz CT molecular complexity index is 3530. The first-order valence-corrected chi connectivity index (χ1v) is 20.7. The van der Waals surface area contributed by atoms with E-state index in [9.17, 15) is 0 Å². The van der Waals surface area contributed by atoms with E-state index >= 15 is 0 Å². The Labute approximate surface area is 335 Å². The van der Waals surface area contributed by atoms with Crippen molar-refractivity contribution in [1.29, 1.82) is 0 Å². The highest BCUT2D eigenvalue weighted by Gasteiger charge is 2.20. The molecular weight excluding hydrogens is 733 g/mol. The van der Waals surface area contributed by atoms with Gasteiger partial charge in [-0.05, 0) is 71.8 Å². The molecule has 8 aromatic carbocycles. The van der Waals surface area contributed by atoms with Gasteiger partial charge in [0, 0.05) is 73.5 Å². The van der Waals surface area contributed by atoms with E-state index in [1.165, 1.54) is 67.9 Å². The lowest BCUT2D eigenvalue weighted by atomic mass is 9.99. The first-order chi connectivity index (χ1) is 28.2. The van der Waals surface area contributed by atoms with E-state index in [1.807, 2.05) is 29.5 Å². The Morgan fingerprint density at radius 3 is 1.81 bits per heavy atom. The minimum Gasteiger partial charge on any atom is -0.309 e. The van der Waals surface area contributed by atoms with E-state index in [-0.39, 0.29) is 0 Å². The molecule has 0 spiro atoms. The zero-order chi connectivity index (χ0) is 37.5. The standard InChI is InChI=1S/C51H30N4S2/c1-3-13-31(14-4-1)49-52-50(54-51(53-49)39-21-11-19-37-36-18-8-10-23-44(36)57-48(37)39)38-20-12-24-46-47(38)41-30-33(26-28-45(41)56-46)32-25-27-43-40(29-32)35-17-7-9-22-42(35)55(43)34-15-5-2-6-16-34/h1-30H. The molecule has 0 unspecified atom stereocenters. The Kier molecular flexibility index (Phi) is 7.24. The second kappa shape index (κ2) is 12.8. The molecule has 0 saturated carbocycles. The molecule has 0 atom stereocenters. The molecule has 0 aliphatic heterocycles. The molecule has 4 heterocycles. The van der Waals surface area contributed by atoms with Gasteiger partial charge in [-0.25, -0.2) is 15.0 Å². The third-order valence-corrected chi connectivity index (χ3v) is 13.4. The second-order valence-corrected chi connectivity index (χ2v) is 16.5. The van der Waals surface area contributed by atoms with Crippen LogP contribution in [-0.2, 0) is 0 Å². The fraction of sp³-hybridized carbons (Fsp3) is 0. The third kappa shape index (κ3) is 5.15. The zero-order valence-corrected chi connectivity index (χ0v) is 32.1. The van der Waals surface area contributed by atoms with Gasteiger partial charge in [-0.15, -0.1) is 22.7 Å². The monoisotopic (exact) mass is 762 g/mol. The molecule has 0 radical (unpaired) electrons. The fourth-order valence-electron chi connectivity index (χ4n) is 8.46. The molecule has 12 aromatic rings. The van der Waals surface area contributed by atoms with Crippen LogP contribution in [0.4, 0.5) is 0 Å². The highest BCUT2D eigenvalue weighted by atomic mass is 32.1. The van der Waals surface area contributed by atoms with Crippen LogP contribution in [0.3, 0.4) is 0 Å². The third-order valence-electron chi connectivity index (χ3n) is 11.1. The van der Waals surface area contributed by atoms with Crippen LogP contribution in [0.2, 0.25) is 0 Å². The molecular formula is C51H30N4S2. The maximum absolute atomic E-state index is 5.31. The molecule has 4 aromatic heterocycles. The van der Waals surface area contributed by atoms with Gasteiger partial charge >= 0.3 is 0 Å². The maximum Gasteiger partial charge on any atom is 0.165 e. The normalized spacial score (nSPS) is 11.9. The van der Waals surface area contributed by atoms with Gasteiger partial charge in [0.1, 0.15) is 0 Å². The summed E-state index contributed by atoms with van der Waals surface area (Å²) in [5, 5.41) is 7.32. The van der Waals surface area contributed by atoms with E-state index in [4.69, 9.17) is 15.0 Å². The summed E-state index contributed by atoms with van der Waals surface area (Å²) < 4.78 is 7.24. The molecule has 4 nitrogen and oxygen atoms in total. The van der Waals surface area contributed by atoms with Crippen molar-refractivity contribution in [2.24, 2.45) is 0 Å². The van der Waals surface area contributed by atoms with Gasteiger partial charge in [-0.2, -0.15) is 0 Å². The van der Waals surface area contributed by atoms with Crippen LogP contribution in [0.1, 0.15) is 0 Å². The Morgan fingerprint density at radius 1 is 0.351 bits per heavy atom. The lowest BCUT2D eigenvalue weighted by Gasteiger charge is -2.10. The van der Waals surface area contributed by atoms with Crippen molar-refractivity contribution in [1.82, 2.24) is 19.5 Å². The zero-order valence-electron chi connectivity index (χ0n) is 30.4. The number of hydrogen-bond acceptors (Lipinski definition) is 5. The van der Waals surface area contributed by atoms with Crippen LogP contribution in [0.15, 0.2) is 182 Å². The highest BCUT2D eigenvalue weighted by Crippen LogP contribution is 2.44. The number of thiophene rings is 2. The van der Waals surface area contributed by atoms with Crippen LogP contribution >= 0.6 is 22.7 Å². The predicted molar refractivity (Wildman–Crippen MR) is 242 cm³/mol. The Hall–Kier alpha value is -6.99. The molecule has 12 rings (SSSR count). The van der Waals surface area contributed by atoms with Crippen molar-refractivity contribution in [2.75, 3.05) is 0 Å². The molecule has 0 amide bonds. The maximum atomic E-state index is 5.31. The van der Waals surface area contributed by atoms with E-state index in [1.54, 1.807) is 11.3 Å². The first-order valence-electron chi connectivity index (χ1n) is 19.0. The van der Waals surface area contributed by atoms with E-state index in [0.717, 1.165) is 27.8 Å². The van der Waals surface area contributed by atoms with Gasteiger partial charge < -0.3 is 4.57 Å². The van der Waals surface area contributed by atoms with Crippen molar-refractivity contribution in [3.05, 3.63) is 182 Å². The minimum absolute atomic E-state index is 0.661. The molecule has 57 heavy (non-hydrogen) atoms. The largest absolute Gasteiger partial charge is 0.309 e. The summed E-state index contributed by atoms with van der Waals surface area (Å²) in [5.41, 5.74) is 8.89. The molecule has 0 aliphatic rings. The number of fused-ring (bicyclic) bond motifs is 9. The van der Waals surface area contributed by atoms with Crippen LogP contribution in [-0.4, -0.2) is 19.5 Å². The quantitative estimate of drug-likeness (QED) is 0.175. The summed E-state index contributed by atoms with van der Waals surface area (Å²) in [4.78, 5) is 15.7. The molecule has 0 aliphatic carbocycles. The van der Waals surface area contributed by atoms with E-state index < -0.39 is 0 Å². The lowest BCUT2D eigenvalue weighted by molar-refractivity contribution is 1.08. The SMILES string of the molecule is c1ccc(-c2nc(-c3cccc4c3sc3ccccc34)nc(-c3cccc4sc5ccc(-c6ccc7c(c6)c6ccccc6n7-c6ccccc6)cc5c34)n2)cc1. The molecule has 6 heteroatoms. The van der Waals surface area contributed by atoms with Crippen LogP contribution in [0.5, 0.6) is 0 Å². The first kappa shape index (κ1) is 32.3. The number of rotatable bonds is 5. The fourth-order valence-corrected chi connectivity index (χ4v) is 10.8. The summed E-state index contributed by atoms with van der Waals surface area (Å²) >= 11 is 3.61. The van der Waals surface area contributed by atoms with E-state index in [0.29, 0.717) is 17.5 Å². The predicted octanol–water partition coefficient (Wildman–Crippen LogP) is 14.4. The van der Waals surface area contributed by atoms with Gasteiger partial charge in [0.2, 0.25) is 0 Å². The molecule has 0 fully saturated rings. The number of hydrogen-bond donors (Lipinski definition) is 0. The van der Waals surface area contributed by atoms with Gasteiger partial charge in [0.25, 0.3) is 0 Å².